The van der Waals surface area contributed by atoms with E-state index in [1.54, 1.807) is 0 Å². The van der Waals surface area contributed by atoms with Crippen molar-refractivity contribution in [3.63, 3.8) is 0 Å². The Kier molecular flexibility index (Phi) is 3.09. The van der Waals surface area contributed by atoms with Crippen LogP contribution in [-0.4, -0.2) is 11.4 Å². The Bertz CT molecular complexity index is 533. The van der Waals surface area contributed by atoms with Gasteiger partial charge in [-0.2, -0.15) is 0 Å². The van der Waals surface area contributed by atoms with Crippen molar-refractivity contribution >= 4 is 5.91 Å². The summed E-state index contributed by atoms with van der Waals surface area (Å²) in [6.07, 6.45) is 9.20. The molecule has 4 aliphatic carbocycles. The number of carbonyl (C=O) groups excluding carboxylic acids is 1. The second kappa shape index (κ2) is 4.86. The zero-order chi connectivity index (χ0) is 14.4. The van der Waals surface area contributed by atoms with Crippen LogP contribution in [0.1, 0.15) is 60.9 Å². The number of hydrogen-bond donors (Lipinski definition) is 1. The molecule has 4 saturated carbocycles. The first kappa shape index (κ1) is 13.4. The minimum atomic E-state index is 0.0980. The summed E-state index contributed by atoms with van der Waals surface area (Å²) < 4.78 is 0. The Labute approximate surface area is 127 Å². The van der Waals surface area contributed by atoms with Gasteiger partial charge in [0, 0.05) is 11.1 Å². The highest BCUT2D eigenvalue weighted by Crippen LogP contribution is 2.53. The number of carbonyl (C=O) groups is 1. The lowest BCUT2D eigenvalue weighted by Crippen LogP contribution is -2.52. The van der Waals surface area contributed by atoms with E-state index >= 15 is 0 Å². The summed E-state index contributed by atoms with van der Waals surface area (Å²) in [6, 6.07) is 7.97. The number of amides is 1. The Morgan fingerprint density at radius 2 is 1.67 bits per heavy atom. The van der Waals surface area contributed by atoms with Gasteiger partial charge in [-0.25, -0.2) is 0 Å². The highest BCUT2D eigenvalue weighted by molar-refractivity contribution is 5.94. The molecule has 0 spiro atoms. The zero-order valence-corrected chi connectivity index (χ0v) is 12.9. The molecule has 4 aliphatic rings. The molecule has 1 amide bonds. The maximum atomic E-state index is 12.6. The minimum Gasteiger partial charge on any atom is -0.347 e. The van der Waals surface area contributed by atoms with Gasteiger partial charge in [0.15, 0.2) is 0 Å². The van der Waals surface area contributed by atoms with Crippen LogP contribution in [0, 0.1) is 24.7 Å². The quantitative estimate of drug-likeness (QED) is 0.870. The van der Waals surface area contributed by atoms with Gasteiger partial charge in [-0.1, -0.05) is 17.7 Å². The van der Waals surface area contributed by atoms with E-state index in [1.807, 2.05) is 24.3 Å². The highest BCUT2D eigenvalue weighted by Gasteiger charge is 2.48. The molecule has 0 radical (unpaired) electrons. The summed E-state index contributed by atoms with van der Waals surface area (Å²) in [5.74, 6) is 2.80. The molecule has 4 fully saturated rings. The van der Waals surface area contributed by atoms with Crippen LogP contribution in [0.2, 0.25) is 0 Å². The number of fused-ring (bicyclic) bond motifs is 1. The van der Waals surface area contributed by atoms with Crippen LogP contribution in [0.5, 0.6) is 0 Å². The van der Waals surface area contributed by atoms with Crippen molar-refractivity contribution in [2.75, 3.05) is 0 Å². The molecule has 2 unspecified atom stereocenters. The zero-order valence-electron chi connectivity index (χ0n) is 12.9. The molecule has 0 saturated heterocycles. The second-order valence-corrected chi connectivity index (χ2v) is 7.85. The molecule has 2 nitrogen and oxygen atoms in total. The van der Waals surface area contributed by atoms with Crippen LogP contribution in [-0.2, 0) is 0 Å². The molecular formula is C19H25NO. The summed E-state index contributed by atoms with van der Waals surface area (Å²) in [4.78, 5) is 12.6. The lowest BCUT2D eigenvalue weighted by atomic mass is 9.65. The fraction of sp³-hybridized carbons (Fsp3) is 0.632. The van der Waals surface area contributed by atoms with Gasteiger partial charge in [0.1, 0.15) is 0 Å². The number of nitrogens with one attached hydrogen (secondary N) is 1. The fourth-order valence-corrected chi connectivity index (χ4v) is 5.33. The van der Waals surface area contributed by atoms with Gasteiger partial charge in [0.25, 0.3) is 5.91 Å². The molecule has 0 aromatic heterocycles. The third-order valence-corrected chi connectivity index (χ3v) is 6.08. The molecule has 21 heavy (non-hydrogen) atoms. The lowest BCUT2D eigenvalue weighted by molar-refractivity contribution is 0.0714. The predicted octanol–water partition coefficient (Wildman–Crippen LogP) is 4.08. The van der Waals surface area contributed by atoms with Gasteiger partial charge < -0.3 is 5.32 Å². The maximum Gasteiger partial charge on any atom is 0.251 e. The summed E-state index contributed by atoms with van der Waals surface area (Å²) in [5.41, 5.74) is 2.12. The molecular weight excluding hydrogens is 258 g/mol. The summed E-state index contributed by atoms with van der Waals surface area (Å²) in [6.45, 7) is 2.06. The number of benzene rings is 1. The number of rotatable bonds is 2. The monoisotopic (exact) mass is 283 g/mol. The van der Waals surface area contributed by atoms with Crippen LogP contribution in [0.25, 0.3) is 0 Å². The summed E-state index contributed by atoms with van der Waals surface area (Å²) in [7, 11) is 0. The van der Waals surface area contributed by atoms with Crippen molar-refractivity contribution in [2.24, 2.45) is 17.8 Å². The predicted molar refractivity (Wildman–Crippen MR) is 84.2 cm³/mol. The van der Waals surface area contributed by atoms with Gasteiger partial charge in [0.05, 0.1) is 0 Å². The SMILES string of the molecule is Cc1ccc(C(=O)NC23CCC4CC(CC(C4)C2)C3)cc1. The van der Waals surface area contributed by atoms with Crippen LogP contribution >= 0.6 is 0 Å². The maximum absolute atomic E-state index is 12.6. The molecule has 4 bridgehead atoms. The van der Waals surface area contributed by atoms with E-state index in [4.69, 9.17) is 0 Å². The van der Waals surface area contributed by atoms with Crippen LogP contribution < -0.4 is 5.32 Å². The van der Waals surface area contributed by atoms with Crippen molar-refractivity contribution in [2.45, 2.75) is 57.4 Å². The molecule has 1 N–H and O–H groups in total. The van der Waals surface area contributed by atoms with E-state index in [1.165, 1.54) is 50.5 Å². The summed E-state index contributed by atoms with van der Waals surface area (Å²) in [5, 5.41) is 3.46. The Balaban J connectivity index is 1.55. The normalized spacial score (nSPS) is 37.3. The van der Waals surface area contributed by atoms with Crippen LogP contribution in [0.3, 0.4) is 0 Å². The molecule has 112 valence electrons. The first-order valence-electron chi connectivity index (χ1n) is 8.51. The second-order valence-electron chi connectivity index (χ2n) is 7.85. The van der Waals surface area contributed by atoms with Gasteiger partial charge in [-0.15, -0.1) is 0 Å². The molecule has 0 heterocycles. The topological polar surface area (TPSA) is 29.1 Å². The smallest absolute Gasteiger partial charge is 0.251 e. The van der Waals surface area contributed by atoms with Crippen molar-refractivity contribution in [3.8, 4) is 0 Å². The Morgan fingerprint density at radius 3 is 2.33 bits per heavy atom. The summed E-state index contributed by atoms with van der Waals surface area (Å²) >= 11 is 0. The molecule has 1 aromatic carbocycles. The third kappa shape index (κ3) is 2.49. The van der Waals surface area contributed by atoms with Gasteiger partial charge in [-0.05, 0) is 81.8 Å². The van der Waals surface area contributed by atoms with Crippen molar-refractivity contribution in [3.05, 3.63) is 35.4 Å². The molecule has 1 aromatic rings. The van der Waals surface area contributed by atoms with E-state index in [0.29, 0.717) is 0 Å². The average Bonchev–Trinajstić information content (AvgIpc) is 2.63. The molecule has 2 atom stereocenters. The molecule has 0 aliphatic heterocycles. The molecule has 5 rings (SSSR count). The van der Waals surface area contributed by atoms with E-state index in [2.05, 4.69) is 12.2 Å². The van der Waals surface area contributed by atoms with Crippen LogP contribution in [0.4, 0.5) is 0 Å². The van der Waals surface area contributed by atoms with E-state index in [9.17, 15) is 4.79 Å². The fourth-order valence-electron chi connectivity index (χ4n) is 5.33. The standard InChI is InChI=1S/C19H25NO/c1-13-2-4-17(5-3-13)18(21)20-19-7-6-14-8-15(11-19)10-16(9-14)12-19/h2-5,14-16H,6-12H2,1H3,(H,20,21). The Hall–Kier alpha value is -1.31. The molecule has 2 heteroatoms. The largest absolute Gasteiger partial charge is 0.347 e. The highest BCUT2D eigenvalue weighted by atomic mass is 16.1. The first-order chi connectivity index (χ1) is 10.1. The number of hydrogen-bond acceptors (Lipinski definition) is 1. The first-order valence-corrected chi connectivity index (χ1v) is 8.51. The average molecular weight is 283 g/mol. The van der Waals surface area contributed by atoms with Crippen LogP contribution in [0.15, 0.2) is 24.3 Å². The van der Waals surface area contributed by atoms with Crippen molar-refractivity contribution in [1.29, 1.82) is 0 Å². The van der Waals surface area contributed by atoms with Crippen molar-refractivity contribution in [1.82, 2.24) is 5.32 Å². The van der Waals surface area contributed by atoms with E-state index in [0.717, 1.165) is 23.3 Å². The van der Waals surface area contributed by atoms with Gasteiger partial charge in [-0.3, -0.25) is 4.79 Å². The minimum absolute atomic E-state index is 0.0980. The van der Waals surface area contributed by atoms with E-state index in [-0.39, 0.29) is 11.4 Å². The Morgan fingerprint density at radius 1 is 1.05 bits per heavy atom. The number of aryl methyl sites for hydroxylation is 1. The van der Waals surface area contributed by atoms with Crippen molar-refractivity contribution < 1.29 is 4.79 Å². The third-order valence-electron chi connectivity index (χ3n) is 6.08. The lowest BCUT2D eigenvalue weighted by Gasteiger charge is -2.45. The van der Waals surface area contributed by atoms with Gasteiger partial charge >= 0.3 is 0 Å². The van der Waals surface area contributed by atoms with E-state index < -0.39 is 0 Å². The van der Waals surface area contributed by atoms with Gasteiger partial charge in [0.2, 0.25) is 0 Å².